The van der Waals surface area contributed by atoms with E-state index in [1.807, 2.05) is 51.1 Å². The molecule has 0 radical (unpaired) electrons. The van der Waals surface area contributed by atoms with Gasteiger partial charge in [0.2, 0.25) is 0 Å². The first-order valence-electron chi connectivity index (χ1n) is 7.40. The Morgan fingerprint density at radius 3 is 2.78 bits per heavy atom. The van der Waals surface area contributed by atoms with Gasteiger partial charge in [-0.05, 0) is 38.5 Å². The van der Waals surface area contributed by atoms with Crippen molar-refractivity contribution >= 4 is 34.5 Å². The summed E-state index contributed by atoms with van der Waals surface area (Å²) < 4.78 is 4.94. The number of nitrogens with zero attached hydrogens (tertiary/aromatic N) is 1. The van der Waals surface area contributed by atoms with Crippen LogP contribution in [0.4, 0.5) is 0 Å². The molecule has 0 bridgehead atoms. The summed E-state index contributed by atoms with van der Waals surface area (Å²) in [5.74, 6) is -0.598. The van der Waals surface area contributed by atoms with E-state index in [4.69, 9.17) is 4.74 Å². The fourth-order valence-electron chi connectivity index (χ4n) is 2.08. The van der Waals surface area contributed by atoms with Gasteiger partial charge in [0.15, 0.2) is 6.61 Å². The molecule has 5 nitrogen and oxygen atoms in total. The zero-order chi connectivity index (χ0) is 16.8. The first-order valence-corrected chi connectivity index (χ1v) is 8.38. The minimum atomic E-state index is -0.429. The van der Waals surface area contributed by atoms with E-state index in [1.165, 1.54) is 11.8 Å². The van der Waals surface area contributed by atoms with E-state index < -0.39 is 5.97 Å². The largest absolute Gasteiger partial charge is 0.455 e. The van der Waals surface area contributed by atoms with Crippen molar-refractivity contribution in [1.82, 2.24) is 10.3 Å². The van der Waals surface area contributed by atoms with Crippen molar-refractivity contribution in [2.24, 2.45) is 0 Å². The number of carbonyl (C=O) groups is 2. The molecule has 0 unspecified atom stereocenters. The Hall–Kier alpha value is -2.08. The molecule has 0 atom stereocenters. The second-order valence-electron chi connectivity index (χ2n) is 5.47. The molecule has 23 heavy (non-hydrogen) atoms. The molecule has 2 aromatic rings. The zero-order valence-corrected chi connectivity index (χ0v) is 14.3. The quantitative estimate of drug-likeness (QED) is 0.651. The van der Waals surface area contributed by atoms with Crippen molar-refractivity contribution in [1.29, 1.82) is 0 Å². The van der Waals surface area contributed by atoms with Crippen LogP contribution in [0, 0.1) is 6.92 Å². The SMILES string of the molecule is Cc1cc(SCC(=O)OCC(=O)NC(C)C)nc2ccccc12. The molecule has 1 N–H and O–H groups in total. The molecule has 1 amide bonds. The number of esters is 1. The summed E-state index contributed by atoms with van der Waals surface area (Å²) in [4.78, 5) is 27.6. The third-order valence-corrected chi connectivity index (χ3v) is 3.94. The predicted octanol–water partition coefficient (Wildman–Crippen LogP) is 2.70. The summed E-state index contributed by atoms with van der Waals surface area (Å²) in [6.45, 7) is 5.47. The number of aryl methyl sites for hydroxylation is 1. The maximum absolute atomic E-state index is 11.7. The van der Waals surface area contributed by atoms with Crippen LogP contribution in [0.25, 0.3) is 10.9 Å². The maximum Gasteiger partial charge on any atom is 0.316 e. The Kier molecular flexibility index (Phi) is 5.98. The van der Waals surface area contributed by atoms with E-state index in [9.17, 15) is 9.59 Å². The number of hydrogen-bond donors (Lipinski definition) is 1. The number of para-hydroxylation sites is 1. The smallest absolute Gasteiger partial charge is 0.316 e. The highest BCUT2D eigenvalue weighted by Crippen LogP contribution is 2.23. The summed E-state index contributed by atoms with van der Waals surface area (Å²) >= 11 is 1.31. The number of aromatic nitrogens is 1. The number of benzene rings is 1. The number of fused-ring (bicyclic) bond motifs is 1. The molecule has 122 valence electrons. The van der Waals surface area contributed by atoms with Gasteiger partial charge < -0.3 is 10.1 Å². The highest BCUT2D eigenvalue weighted by atomic mass is 32.2. The van der Waals surface area contributed by atoms with Crippen molar-refractivity contribution in [2.45, 2.75) is 31.8 Å². The highest BCUT2D eigenvalue weighted by molar-refractivity contribution is 7.99. The van der Waals surface area contributed by atoms with Gasteiger partial charge in [0, 0.05) is 11.4 Å². The van der Waals surface area contributed by atoms with Crippen LogP contribution in [-0.2, 0) is 14.3 Å². The normalized spacial score (nSPS) is 10.8. The molecule has 1 heterocycles. The Balaban J connectivity index is 1.88. The molecular formula is C17H20N2O3S. The molecule has 1 aromatic carbocycles. The predicted molar refractivity (Wildman–Crippen MR) is 91.4 cm³/mol. The number of ether oxygens (including phenoxy) is 1. The van der Waals surface area contributed by atoms with Gasteiger partial charge >= 0.3 is 5.97 Å². The number of rotatable bonds is 6. The van der Waals surface area contributed by atoms with Gasteiger partial charge in [-0.3, -0.25) is 9.59 Å². The lowest BCUT2D eigenvalue weighted by Gasteiger charge is -2.09. The summed E-state index contributed by atoms with van der Waals surface area (Å²) in [7, 11) is 0. The molecule has 0 fully saturated rings. The molecule has 1 aromatic heterocycles. The summed E-state index contributed by atoms with van der Waals surface area (Å²) in [5.41, 5.74) is 2.02. The van der Waals surface area contributed by atoms with E-state index in [0.717, 1.165) is 21.5 Å². The number of carbonyl (C=O) groups excluding carboxylic acids is 2. The molecule has 6 heteroatoms. The molecule has 0 aliphatic carbocycles. The van der Waals surface area contributed by atoms with Gasteiger partial charge in [-0.2, -0.15) is 0 Å². The number of pyridine rings is 1. The maximum atomic E-state index is 11.7. The average molecular weight is 332 g/mol. The number of amides is 1. The van der Waals surface area contributed by atoms with Crippen LogP contribution >= 0.6 is 11.8 Å². The molecule has 2 rings (SSSR count). The van der Waals surface area contributed by atoms with E-state index in [0.29, 0.717) is 0 Å². The van der Waals surface area contributed by atoms with Gasteiger partial charge in [0.05, 0.1) is 16.3 Å². The minimum absolute atomic E-state index is 0.0281. The monoisotopic (exact) mass is 332 g/mol. The summed E-state index contributed by atoms with van der Waals surface area (Å²) in [6.07, 6.45) is 0. The lowest BCUT2D eigenvalue weighted by molar-refractivity contribution is -0.146. The van der Waals surface area contributed by atoms with Crippen LogP contribution in [0.1, 0.15) is 19.4 Å². The first-order chi connectivity index (χ1) is 11.0. The van der Waals surface area contributed by atoms with Crippen LogP contribution in [0.5, 0.6) is 0 Å². The van der Waals surface area contributed by atoms with Crippen molar-refractivity contribution in [3.8, 4) is 0 Å². The van der Waals surface area contributed by atoms with E-state index in [2.05, 4.69) is 10.3 Å². The van der Waals surface area contributed by atoms with Gasteiger partial charge in [-0.1, -0.05) is 30.0 Å². The Morgan fingerprint density at radius 2 is 2.04 bits per heavy atom. The lowest BCUT2D eigenvalue weighted by atomic mass is 10.1. The van der Waals surface area contributed by atoms with Crippen LogP contribution in [-0.4, -0.2) is 35.3 Å². The molecule has 0 aliphatic rings. The molecule has 0 aliphatic heterocycles. The van der Waals surface area contributed by atoms with Crippen molar-refractivity contribution in [3.63, 3.8) is 0 Å². The fraction of sp³-hybridized carbons (Fsp3) is 0.353. The van der Waals surface area contributed by atoms with E-state index in [1.54, 1.807) is 0 Å². The Labute approximate surface area is 139 Å². The van der Waals surface area contributed by atoms with E-state index >= 15 is 0 Å². The second-order valence-corrected chi connectivity index (χ2v) is 6.46. The Bertz CT molecular complexity index is 716. The second kappa shape index (κ2) is 7.97. The topological polar surface area (TPSA) is 68.3 Å². The van der Waals surface area contributed by atoms with Gasteiger partial charge in [0.25, 0.3) is 5.91 Å². The molecular weight excluding hydrogens is 312 g/mol. The standard InChI is InChI=1S/C17H20N2O3S/c1-11(2)18-15(20)9-22-17(21)10-23-16-8-12(3)13-6-4-5-7-14(13)19-16/h4-8,11H,9-10H2,1-3H3,(H,18,20). The third kappa shape index (κ3) is 5.25. The summed E-state index contributed by atoms with van der Waals surface area (Å²) in [5, 5.41) is 4.53. The minimum Gasteiger partial charge on any atom is -0.455 e. The van der Waals surface area contributed by atoms with Gasteiger partial charge in [0.1, 0.15) is 0 Å². The van der Waals surface area contributed by atoms with Gasteiger partial charge in [-0.15, -0.1) is 0 Å². The number of nitrogens with one attached hydrogen (secondary N) is 1. The fourth-order valence-corrected chi connectivity index (χ4v) is 2.85. The van der Waals surface area contributed by atoms with Crippen molar-refractivity contribution in [2.75, 3.05) is 12.4 Å². The lowest BCUT2D eigenvalue weighted by Crippen LogP contribution is -2.34. The van der Waals surface area contributed by atoms with Crippen LogP contribution in [0.15, 0.2) is 35.4 Å². The number of hydrogen-bond acceptors (Lipinski definition) is 5. The van der Waals surface area contributed by atoms with Crippen LogP contribution in [0.2, 0.25) is 0 Å². The number of thioether (sulfide) groups is 1. The van der Waals surface area contributed by atoms with E-state index in [-0.39, 0.29) is 24.3 Å². The molecule has 0 saturated carbocycles. The van der Waals surface area contributed by atoms with Crippen molar-refractivity contribution < 1.29 is 14.3 Å². The van der Waals surface area contributed by atoms with Gasteiger partial charge in [-0.25, -0.2) is 4.98 Å². The summed E-state index contributed by atoms with van der Waals surface area (Å²) in [6, 6.07) is 9.86. The van der Waals surface area contributed by atoms with Crippen molar-refractivity contribution in [3.05, 3.63) is 35.9 Å². The van der Waals surface area contributed by atoms with Crippen LogP contribution in [0.3, 0.4) is 0 Å². The first kappa shape index (κ1) is 17.3. The molecule has 0 saturated heterocycles. The molecule has 0 spiro atoms. The average Bonchev–Trinajstić information content (AvgIpc) is 2.50. The van der Waals surface area contributed by atoms with Crippen LogP contribution < -0.4 is 5.32 Å². The Morgan fingerprint density at radius 1 is 1.30 bits per heavy atom. The zero-order valence-electron chi connectivity index (χ0n) is 13.5. The highest BCUT2D eigenvalue weighted by Gasteiger charge is 2.10. The third-order valence-electron chi connectivity index (χ3n) is 3.05.